The average Bonchev–Trinajstić information content (AvgIpc) is 2.20. The Morgan fingerprint density at radius 3 is 2.47 bits per heavy atom. The molecule has 0 unspecified atom stereocenters. The number of nitrogens with two attached hydrogens (primary N) is 1. The normalized spacial score (nSPS) is 10.0. The first-order valence-corrected chi connectivity index (χ1v) is 6.25. The Kier molecular flexibility index (Phi) is 9.62. The van der Waals surface area contributed by atoms with E-state index in [1.54, 1.807) is 0 Å². The first kappa shape index (κ1) is 14.5. The highest BCUT2D eigenvalue weighted by Crippen LogP contribution is 2.00. The second-order valence-corrected chi connectivity index (χ2v) is 4.49. The minimum absolute atomic E-state index is 0.0203. The Bertz CT molecular complexity index is 198. The smallest absolute Gasteiger partial charge is 0.230 e. The van der Waals surface area contributed by atoms with Crippen LogP contribution in [-0.4, -0.2) is 29.9 Å². The maximum Gasteiger partial charge on any atom is 0.230 e. The summed E-state index contributed by atoms with van der Waals surface area (Å²) in [5.74, 6) is 0.173. The Balaban J connectivity index is 3.20. The van der Waals surface area contributed by atoms with Crippen molar-refractivity contribution in [2.45, 2.75) is 32.6 Å². The van der Waals surface area contributed by atoms with E-state index in [9.17, 15) is 9.59 Å². The summed E-state index contributed by atoms with van der Waals surface area (Å²) in [6, 6.07) is 0. The molecule has 0 saturated heterocycles. The van der Waals surface area contributed by atoms with Gasteiger partial charge in [0, 0.05) is 13.5 Å². The minimum atomic E-state index is -0.0611. The fourth-order valence-corrected chi connectivity index (χ4v) is 1.51. The van der Waals surface area contributed by atoms with Crippen molar-refractivity contribution in [1.82, 2.24) is 5.32 Å². The molecule has 0 aliphatic heterocycles. The summed E-state index contributed by atoms with van der Waals surface area (Å²) in [6.45, 7) is 2.90. The fraction of sp³-hybridized carbons (Fsp3) is 0.800. The number of thioether (sulfide) groups is 1. The van der Waals surface area contributed by atoms with E-state index in [1.807, 2.05) is 0 Å². The molecule has 88 valence electrons. The van der Waals surface area contributed by atoms with Gasteiger partial charge in [-0.3, -0.25) is 9.59 Å². The van der Waals surface area contributed by atoms with E-state index in [0.717, 1.165) is 44.0 Å². The van der Waals surface area contributed by atoms with Crippen molar-refractivity contribution in [3.63, 3.8) is 0 Å². The Morgan fingerprint density at radius 1 is 1.20 bits per heavy atom. The van der Waals surface area contributed by atoms with Crippen LogP contribution in [0.2, 0.25) is 0 Å². The number of carbonyl (C=O) groups is 2. The maximum absolute atomic E-state index is 11.1. The van der Waals surface area contributed by atoms with Crippen molar-refractivity contribution in [2.24, 2.45) is 5.73 Å². The van der Waals surface area contributed by atoms with Gasteiger partial charge in [-0.25, -0.2) is 0 Å². The molecule has 0 bridgehead atoms. The van der Waals surface area contributed by atoms with E-state index < -0.39 is 0 Å². The van der Waals surface area contributed by atoms with Gasteiger partial charge in [-0.15, -0.1) is 0 Å². The third-order valence-electron chi connectivity index (χ3n) is 1.86. The molecule has 0 fully saturated rings. The quantitative estimate of drug-likeness (QED) is 0.610. The molecule has 0 radical (unpaired) electrons. The molecule has 1 amide bonds. The molecule has 0 aliphatic carbocycles. The third-order valence-corrected chi connectivity index (χ3v) is 2.67. The monoisotopic (exact) mass is 232 g/mol. The largest absolute Gasteiger partial charge is 0.355 e. The molecule has 0 spiro atoms. The van der Waals surface area contributed by atoms with Gasteiger partial charge < -0.3 is 11.1 Å². The van der Waals surface area contributed by atoms with Gasteiger partial charge in [-0.05, 0) is 19.4 Å². The Labute approximate surface area is 95.4 Å². The summed E-state index contributed by atoms with van der Waals surface area (Å²) in [4.78, 5) is 21.7. The molecule has 0 aromatic heterocycles. The fourth-order valence-electron chi connectivity index (χ4n) is 1.07. The van der Waals surface area contributed by atoms with Gasteiger partial charge in [0.1, 0.15) is 0 Å². The highest BCUT2D eigenvalue weighted by atomic mass is 32.2. The molecule has 5 heteroatoms. The van der Waals surface area contributed by atoms with Crippen molar-refractivity contribution >= 4 is 22.8 Å². The predicted molar refractivity (Wildman–Crippen MR) is 63.7 cm³/mol. The van der Waals surface area contributed by atoms with Crippen molar-refractivity contribution in [2.75, 3.05) is 18.8 Å². The SMILES string of the molecule is CC(=O)SCC(=O)NCCCCCCN. The lowest BCUT2D eigenvalue weighted by Crippen LogP contribution is -2.26. The molecule has 4 nitrogen and oxygen atoms in total. The first-order chi connectivity index (χ1) is 7.16. The molecule has 0 heterocycles. The highest BCUT2D eigenvalue weighted by Gasteiger charge is 2.02. The number of hydrogen-bond acceptors (Lipinski definition) is 4. The van der Waals surface area contributed by atoms with Crippen molar-refractivity contribution in [3.8, 4) is 0 Å². The van der Waals surface area contributed by atoms with Gasteiger partial charge >= 0.3 is 0 Å². The van der Waals surface area contributed by atoms with E-state index in [0.29, 0.717) is 6.54 Å². The topological polar surface area (TPSA) is 72.2 Å². The predicted octanol–water partition coefficient (Wildman–Crippen LogP) is 0.901. The van der Waals surface area contributed by atoms with Gasteiger partial charge in [-0.1, -0.05) is 24.6 Å². The summed E-state index contributed by atoms with van der Waals surface area (Å²) in [7, 11) is 0. The van der Waals surface area contributed by atoms with Crippen LogP contribution in [-0.2, 0) is 9.59 Å². The van der Waals surface area contributed by atoms with Gasteiger partial charge in [0.15, 0.2) is 5.12 Å². The molecule has 0 aromatic carbocycles. The Hall–Kier alpha value is -0.550. The van der Waals surface area contributed by atoms with Crippen LogP contribution in [0.1, 0.15) is 32.6 Å². The van der Waals surface area contributed by atoms with Crippen LogP contribution in [0.5, 0.6) is 0 Å². The highest BCUT2D eigenvalue weighted by molar-refractivity contribution is 8.14. The van der Waals surface area contributed by atoms with E-state index in [1.165, 1.54) is 6.92 Å². The summed E-state index contributed by atoms with van der Waals surface area (Å²) in [5.41, 5.74) is 5.35. The van der Waals surface area contributed by atoms with Gasteiger partial charge in [0.05, 0.1) is 5.75 Å². The second kappa shape index (κ2) is 9.98. The molecular formula is C10H20N2O2S. The number of unbranched alkanes of at least 4 members (excludes halogenated alkanes) is 3. The molecule has 0 rings (SSSR count). The van der Waals surface area contributed by atoms with E-state index in [4.69, 9.17) is 5.73 Å². The number of rotatable bonds is 8. The number of nitrogens with one attached hydrogen (secondary N) is 1. The number of hydrogen-bond donors (Lipinski definition) is 2. The molecular weight excluding hydrogens is 212 g/mol. The van der Waals surface area contributed by atoms with Crippen molar-refractivity contribution in [3.05, 3.63) is 0 Å². The first-order valence-electron chi connectivity index (χ1n) is 5.27. The standard InChI is InChI=1S/C10H20N2O2S/c1-9(13)15-8-10(14)12-7-5-3-2-4-6-11/h2-8,11H2,1H3,(H,12,14). The summed E-state index contributed by atoms with van der Waals surface area (Å²) in [5, 5.41) is 2.75. The summed E-state index contributed by atoms with van der Waals surface area (Å²) in [6.07, 6.45) is 4.25. The van der Waals surface area contributed by atoms with Crippen LogP contribution in [0, 0.1) is 0 Å². The lowest BCUT2D eigenvalue weighted by atomic mass is 10.2. The van der Waals surface area contributed by atoms with Crippen LogP contribution in [0.25, 0.3) is 0 Å². The second-order valence-electron chi connectivity index (χ2n) is 3.33. The minimum Gasteiger partial charge on any atom is -0.355 e. The van der Waals surface area contributed by atoms with E-state index in [-0.39, 0.29) is 16.8 Å². The number of amides is 1. The molecule has 15 heavy (non-hydrogen) atoms. The van der Waals surface area contributed by atoms with E-state index in [2.05, 4.69) is 5.32 Å². The zero-order chi connectivity index (χ0) is 11.5. The van der Waals surface area contributed by atoms with Crippen LogP contribution in [0.4, 0.5) is 0 Å². The zero-order valence-electron chi connectivity index (χ0n) is 9.25. The molecule has 0 aromatic rings. The third kappa shape index (κ3) is 11.4. The van der Waals surface area contributed by atoms with Crippen molar-refractivity contribution < 1.29 is 9.59 Å². The molecule has 0 atom stereocenters. The van der Waals surface area contributed by atoms with E-state index >= 15 is 0 Å². The Morgan fingerprint density at radius 2 is 1.87 bits per heavy atom. The maximum atomic E-state index is 11.1. The van der Waals surface area contributed by atoms with Crippen molar-refractivity contribution in [1.29, 1.82) is 0 Å². The van der Waals surface area contributed by atoms with Crippen LogP contribution < -0.4 is 11.1 Å². The number of carbonyl (C=O) groups excluding carboxylic acids is 2. The van der Waals surface area contributed by atoms with Gasteiger partial charge in [0.25, 0.3) is 0 Å². The average molecular weight is 232 g/mol. The molecule has 0 saturated carbocycles. The summed E-state index contributed by atoms with van der Waals surface area (Å²) >= 11 is 1.04. The lowest BCUT2D eigenvalue weighted by molar-refractivity contribution is -0.118. The molecule has 0 aliphatic rings. The molecule has 3 N–H and O–H groups in total. The summed E-state index contributed by atoms with van der Waals surface area (Å²) < 4.78 is 0. The van der Waals surface area contributed by atoms with Crippen LogP contribution >= 0.6 is 11.8 Å². The van der Waals surface area contributed by atoms with Gasteiger partial charge in [0.2, 0.25) is 5.91 Å². The lowest BCUT2D eigenvalue weighted by Gasteiger charge is -2.03. The van der Waals surface area contributed by atoms with Crippen LogP contribution in [0.3, 0.4) is 0 Å². The van der Waals surface area contributed by atoms with Gasteiger partial charge in [-0.2, -0.15) is 0 Å². The van der Waals surface area contributed by atoms with Crippen LogP contribution in [0.15, 0.2) is 0 Å². The zero-order valence-corrected chi connectivity index (χ0v) is 10.1.